The monoisotopic (exact) mass is 379 g/mol. The average molecular weight is 380 g/mol. The van der Waals surface area contributed by atoms with Crippen LogP contribution in [-0.2, 0) is 17.9 Å². The quantitative estimate of drug-likeness (QED) is 0.802. The fourth-order valence-corrected chi connectivity index (χ4v) is 3.68. The number of nitrogens with one attached hydrogen (secondary N) is 2. The van der Waals surface area contributed by atoms with Gasteiger partial charge in [-0.15, -0.1) is 0 Å². The summed E-state index contributed by atoms with van der Waals surface area (Å²) in [5.41, 5.74) is 3.54. The topological polar surface area (TPSA) is 61.4 Å². The van der Waals surface area contributed by atoms with Gasteiger partial charge in [-0.25, -0.2) is 0 Å². The Kier molecular flexibility index (Phi) is 6.82. The van der Waals surface area contributed by atoms with Crippen LogP contribution >= 0.6 is 0 Å². The summed E-state index contributed by atoms with van der Waals surface area (Å²) in [6.07, 6.45) is 2.62. The number of hydrogen-bond donors (Lipinski definition) is 2. The first-order valence-electron chi connectivity index (χ1n) is 9.95. The van der Waals surface area contributed by atoms with Crippen LogP contribution in [0.2, 0.25) is 0 Å². The molecular formula is C23H29N3O2. The highest BCUT2D eigenvalue weighted by molar-refractivity contribution is 5.96. The normalized spacial score (nSPS) is 17.1. The Morgan fingerprint density at radius 3 is 2.57 bits per heavy atom. The first-order valence-corrected chi connectivity index (χ1v) is 9.95. The lowest BCUT2D eigenvalue weighted by Crippen LogP contribution is -2.33. The molecule has 1 heterocycles. The van der Waals surface area contributed by atoms with E-state index in [0.717, 1.165) is 18.0 Å². The number of nitrogens with zero attached hydrogens (tertiary/aromatic N) is 1. The van der Waals surface area contributed by atoms with Crippen LogP contribution in [0.25, 0.3) is 0 Å². The zero-order chi connectivity index (χ0) is 19.9. The molecule has 1 saturated heterocycles. The third kappa shape index (κ3) is 5.92. The molecule has 1 aliphatic rings. The highest BCUT2D eigenvalue weighted by atomic mass is 16.2. The lowest BCUT2D eigenvalue weighted by molar-refractivity contribution is -0.114. The third-order valence-electron chi connectivity index (χ3n) is 5.07. The summed E-state index contributed by atoms with van der Waals surface area (Å²) >= 11 is 0. The molecule has 1 atom stereocenters. The maximum absolute atomic E-state index is 12.4. The van der Waals surface area contributed by atoms with E-state index in [4.69, 9.17) is 0 Å². The van der Waals surface area contributed by atoms with Crippen molar-refractivity contribution in [3.05, 3.63) is 65.2 Å². The van der Waals surface area contributed by atoms with Gasteiger partial charge < -0.3 is 10.6 Å². The van der Waals surface area contributed by atoms with Gasteiger partial charge in [0.1, 0.15) is 0 Å². The van der Waals surface area contributed by atoms with Gasteiger partial charge in [-0.3, -0.25) is 14.5 Å². The number of anilines is 1. The number of hydrogen-bond acceptors (Lipinski definition) is 3. The number of carbonyl (C=O) groups is 2. The molecule has 2 aromatic rings. The zero-order valence-corrected chi connectivity index (χ0v) is 16.7. The van der Waals surface area contributed by atoms with Gasteiger partial charge in [-0.05, 0) is 54.6 Å². The number of amides is 2. The second-order valence-electron chi connectivity index (χ2n) is 7.74. The van der Waals surface area contributed by atoms with Crippen LogP contribution in [0.15, 0.2) is 48.5 Å². The SMILES string of the molecule is CC(=O)Nc1cccc(C(=O)NCc2ccc(CN3CCCC(C)C3)cc2)c1. The highest BCUT2D eigenvalue weighted by Crippen LogP contribution is 2.18. The van der Waals surface area contributed by atoms with Gasteiger partial charge in [0.25, 0.3) is 5.91 Å². The smallest absolute Gasteiger partial charge is 0.251 e. The summed E-state index contributed by atoms with van der Waals surface area (Å²) in [6.45, 7) is 7.60. The molecule has 148 valence electrons. The molecule has 2 aromatic carbocycles. The lowest BCUT2D eigenvalue weighted by Gasteiger charge is -2.30. The number of benzene rings is 2. The second kappa shape index (κ2) is 9.51. The maximum Gasteiger partial charge on any atom is 0.251 e. The molecule has 28 heavy (non-hydrogen) atoms. The number of carbonyl (C=O) groups excluding carboxylic acids is 2. The molecule has 0 saturated carbocycles. The molecule has 5 nitrogen and oxygen atoms in total. The molecule has 0 aliphatic carbocycles. The molecule has 0 radical (unpaired) electrons. The van der Waals surface area contributed by atoms with E-state index in [1.165, 1.54) is 38.4 Å². The largest absolute Gasteiger partial charge is 0.348 e. The van der Waals surface area contributed by atoms with Crippen molar-refractivity contribution in [2.24, 2.45) is 5.92 Å². The number of rotatable bonds is 6. The van der Waals surface area contributed by atoms with E-state index in [9.17, 15) is 9.59 Å². The summed E-state index contributed by atoms with van der Waals surface area (Å²) < 4.78 is 0. The van der Waals surface area contributed by atoms with Crippen LogP contribution in [0.4, 0.5) is 5.69 Å². The molecular weight excluding hydrogens is 350 g/mol. The Morgan fingerprint density at radius 2 is 1.86 bits per heavy atom. The van der Waals surface area contributed by atoms with E-state index in [1.807, 2.05) is 0 Å². The third-order valence-corrected chi connectivity index (χ3v) is 5.07. The van der Waals surface area contributed by atoms with Crippen molar-refractivity contribution in [2.75, 3.05) is 18.4 Å². The Balaban J connectivity index is 1.51. The van der Waals surface area contributed by atoms with Crippen LogP contribution < -0.4 is 10.6 Å². The molecule has 0 bridgehead atoms. The Morgan fingerprint density at radius 1 is 1.11 bits per heavy atom. The number of piperidine rings is 1. The van der Waals surface area contributed by atoms with Gasteiger partial charge in [0.2, 0.25) is 5.91 Å². The molecule has 1 aliphatic heterocycles. The zero-order valence-electron chi connectivity index (χ0n) is 16.7. The minimum atomic E-state index is -0.156. The lowest BCUT2D eigenvalue weighted by atomic mass is 9.99. The summed E-state index contributed by atoms with van der Waals surface area (Å²) in [7, 11) is 0. The Labute approximate surface area is 167 Å². The molecule has 3 rings (SSSR count). The molecule has 0 aromatic heterocycles. The summed E-state index contributed by atoms with van der Waals surface area (Å²) in [5, 5.41) is 5.63. The van der Waals surface area contributed by atoms with Crippen LogP contribution in [0.3, 0.4) is 0 Å². The minimum absolute atomic E-state index is 0.154. The van der Waals surface area contributed by atoms with Gasteiger partial charge in [0.15, 0.2) is 0 Å². The molecule has 2 amide bonds. The van der Waals surface area contributed by atoms with E-state index >= 15 is 0 Å². The second-order valence-corrected chi connectivity index (χ2v) is 7.74. The Bertz CT molecular complexity index is 817. The summed E-state index contributed by atoms with van der Waals surface area (Å²) in [6, 6.07) is 15.4. The van der Waals surface area contributed by atoms with Crippen LogP contribution in [0.1, 0.15) is 48.2 Å². The molecule has 0 spiro atoms. The fraction of sp³-hybridized carbons (Fsp3) is 0.391. The first kappa shape index (κ1) is 20.1. The molecule has 2 N–H and O–H groups in total. The first-order chi connectivity index (χ1) is 13.5. The standard InChI is InChI=1S/C23H29N3O2/c1-17-5-4-12-26(15-17)16-20-10-8-19(9-11-20)14-24-23(28)21-6-3-7-22(13-21)25-18(2)27/h3,6-11,13,17H,4-5,12,14-16H2,1-2H3,(H,24,28)(H,25,27). The van der Waals surface area contributed by atoms with Crippen LogP contribution in [-0.4, -0.2) is 29.8 Å². The predicted molar refractivity (Wildman–Crippen MR) is 112 cm³/mol. The molecule has 1 unspecified atom stereocenters. The van der Waals surface area contributed by atoms with Crippen molar-refractivity contribution < 1.29 is 9.59 Å². The predicted octanol–water partition coefficient (Wildman–Crippen LogP) is 3.81. The van der Waals surface area contributed by atoms with Crippen molar-refractivity contribution in [1.82, 2.24) is 10.2 Å². The van der Waals surface area contributed by atoms with Crippen molar-refractivity contribution in [2.45, 2.75) is 39.8 Å². The molecule has 5 heteroatoms. The van der Waals surface area contributed by atoms with Crippen molar-refractivity contribution in [1.29, 1.82) is 0 Å². The summed E-state index contributed by atoms with van der Waals surface area (Å²) in [4.78, 5) is 26.1. The van der Waals surface area contributed by atoms with E-state index in [2.05, 4.69) is 46.7 Å². The van der Waals surface area contributed by atoms with Gasteiger partial charge in [-0.2, -0.15) is 0 Å². The van der Waals surface area contributed by atoms with E-state index in [-0.39, 0.29) is 11.8 Å². The van der Waals surface area contributed by atoms with E-state index in [1.54, 1.807) is 24.3 Å². The van der Waals surface area contributed by atoms with Gasteiger partial charge in [0.05, 0.1) is 0 Å². The average Bonchev–Trinajstić information content (AvgIpc) is 2.67. The van der Waals surface area contributed by atoms with E-state index in [0.29, 0.717) is 17.8 Å². The van der Waals surface area contributed by atoms with Crippen molar-refractivity contribution in [3.63, 3.8) is 0 Å². The Hall–Kier alpha value is -2.66. The van der Waals surface area contributed by atoms with Gasteiger partial charge >= 0.3 is 0 Å². The van der Waals surface area contributed by atoms with Crippen molar-refractivity contribution in [3.8, 4) is 0 Å². The van der Waals surface area contributed by atoms with Crippen molar-refractivity contribution >= 4 is 17.5 Å². The van der Waals surface area contributed by atoms with Gasteiger partial charge in [0, 0.05) is 37.8 Å². The minimum Gasteiger partial charge on any atom is -0.348 e. The van der Waals surface area contributed by atoms with E-state index < -0.39 is 0 Å². The fourth-order valence-electron chi connectivity index (χ4n) is 3.68. The summed E-state index contributed by atoms with van der Waals surface area (Å²) in [5.74, 6) is 0.475. The molecule has 1 fully saturated rings. The highest BCUT2D eigenvalue weighted by Gasteiger charge is 2.16. The maximum atomic E-state index is 12.4. The van der Waals surface area contributed by atoms with Crippen LogP contribution in [0, 0.1) is 5.92 Å². The van der Waals surface area contributed by atoms with Gasteiger partial charge in [-0.1, -0.05) is 37.3 Å². The van der Waals surface area contributed by atoms with Crippen LogP contribution in [0.5, 0.6) is 0 Å². The number of likely N-dealkylation sites (tertiary alicyclic amines) is 1.